The van der Waals surface area contributed by atoms with Crippen molar-refractivity contribution in [3.05, 3.63) is 76.3 Å². The van der Waals surface area contributed by atoms with Crippen molar-refractivity contribution in [2.45, 2.75) is 25.9 Å². The first-order valence-electron chi connectivity index (χ1n) is 8.59. The summed E-state index contributed by atoms with van der Waals surface area (Å²) in [6.07, 6.45) is 7.95. The van der Waals surface area contributed by atoms with Crippen molar-refractivity contribution in [2.24, 2.45) is 0 Å². The fourth-order valence-electron chi connectivity index (χ4n) is 3.08. The summed E-state index contributed by atoms with van der Waals surface area (Å²) in [5, 5.41) is 16.7. The summed E-state index contributed by atoms with van der Waals surface area (Å²) in [7, 11) is 0. The van der Waals surface area contributed by atoms with Crippen LogP contribution >= 0.6 is 23.8 Å². The van der Waals surface area contributed by atoms with Gasteiger partial charge in [0.05, 0.1) is 29.6 Å². The smallest absolute Gasteiger partial charge is 0.200 e. The van der Waals surface area contributed by atoms with Gasteiger partial charge in [0.25, 0.3) is 0 Å². The molecule has 27 heavy (non-hydrogen) atoms. The van der Waals surface area contributed by atoms with Crippen LogP contribution in [0.2, 0.25) is 5.02 Å². The van der Waals surface area contributed by atoms with Crippen LogP contribution in [0.25, 0.3) is 5.69 Å². The highest BCUT2D eigenvalue weighted by atomic mass is 35.5. The molecule has 0 aliphatic carbocycles. The number of halogens is 1. The number of aromatic nitrogens is 7. The van der Waals surface area contributed by atoms with Gasteiger partial charge >= 0.3 is 0 Å². The molecule has 3 heterocycles. The molecule has 0 radical (unpaired) electrons. The fourth-order valence-corrected chi connectivity index (χ4v) is 3.47. The van der Waals surface area contributed by atoms with Gasteiger partial charge in [0.2, 0.25) is 0 Å². The molecule has 4 aromatic rings. The summed E-state index contributed by atoms with van der Waals surface area (Å²) in [4.78, 5) is 0. The Bertz CT molecular complexity index is 1090. The van der Waals surface area contributed by atoms with Crippen LogP contribution in [-0.4, -0.2) is 34.3 Å². The molecule has 0 spiro atoms. The minimum atomic E-state index is -0.0945. The molecule has 0 bridgehead atoms. The second-order valence-corrected chi connectivity index (χ2v) is 6.99. The number of nitrogens with one attached hydrogen (secondary N) is 1. The number of hydrogen-bond donors (Lipinski definition) is 1. The number of hydrogen-bond acceptors (Lipinski definition) is 4. The first-order valence-corrected chi connectivity index (χ1v) is 9.38. The van der Waals surface area contributed by atoms with E-state index in [1.165, 1.54) is 5.56 Å². The third kappa shape index (κ3) is 3.58. The zero-order valence-electron chi connectivity index (χ0n) is 14.7. The van der Waals surface area contributed by atoms with Crippen molar-refractivity contribution in [3.8, 4) is 5.69 Å². The van der Waals surface area contributed by atoms with E-state index in [4.69, 9.17) is 23.8 Å². The summed E-state index contributed by atoms with van der Waals surface area (Å²) in [6, 6.07) is 10.1. The molecule has 0 amide bonds. The molecule has 0 aliphatic heterocycles. The molecule has 1 N–H and O–H groups in total. The number of rotatable bonds is 6. The van der Waals surface area contributed by atoms with Gasteiger partial charge in [-0.15, -0.1) is 0 Å². The summed E-state index contributed by atoms with van der Waals surface area (Å²) < 4.78 is 6.10. The van der Waals surface area contributed by atoms with Crippen LogP contribution in [-0.2, 0) is 6.54 Å². The third-order valence-corrected chi connectivity index (χ3v) is 4.81. The minimum Gasteiger partial charge on any atom is -0.267 e. The number of nitrogens with zero attached hydrogens (tertiary/aromatic N) is 6. The van der Waals surface area contributed by atoms with Crippen LogP contribution in [0, 0.1) is 4.77 Å². The van der Waals surface area contributed by atoms with Gasteiger partial charge in [0, 0.05) is 12.4 Å². The molecule has 3 aromatic heterocycles. The van der Waals surface area contributed by atoms with Gasteiger partial charge < -0.3 is 0 Å². The van der Waals surface area contributed by atoms with Crippen molar-refractivity contribution in [1.82, 2.24) is 34.3 Å². The predicted octanol–water partition coefficient (Wildman–Crippen LogP) is 4.02. The summed E-state index contributed by atoms with van der Waals surface area (Å²) >= 11 is 11.5. The monoisotopic (exact) mass is 399 g/mol. The summed E-state index contributed by atoms with van der Waals surface area (Å²) in [5.74, 6) is 0.765. The lowest BCUT2D eigenvalue weighted by molar-refractivity contribution is 0.477. The average Bonchev–Trinajstić information content (AvgIpc) is 3.38. The molecule has 138 valence electrons. The van der Waals surface area contributed by atoms with Gasteiger partial charge in [-0.1, -0.05) is 48.9 Å². The lowest BCUT2D eigenvalue weighted by Crippen LogP contribution is -2.15. The summed E-state index contributed by atoms with van der Waals surface area (Å²) in [6.45, 7) is 2.76. The molecule has 9 heteroatoms. The first-order chi connectivity index (χ1) is 13.2. The van der Waals surface area contributed by atoms with E-state index in [-0.39, 0.29) is 6.04 Å². The molecule has 0 aliphatic rings. The lowest BCUT2D eigenvalue weighted by Gasteiger charge is -2.15. The maximum atomic E-state index is 6.04. The van der Waals surface area contributed by atoms with Crippen LogP contribution in [0.15, 0.2) is 55.1 Å². The predicted molar refractivity (Wildman–Crippen MR) is 106 cm³/mol. The average molecular weight is 400 g/mol. The van der Waals surface area contributed by atoms with E-state index >= 15 is 0 Å². The molecule has 0 fully saturated rings. The van der Waals surface area contributed by atoms with E-state index < -0.39 is 0 Å². The van der Waals surface area contributed by atoms with E-state index in [9.17, 15) is 0 Å². The second-order valence-electron chi connectivity index (χ2n) is 6.17. The Morgan fingerprint density at radius 3 is 2.67 bits per heavy atom. The molecule has 4 rings (SSSR count). The van der Waals surface area contributed by atoms with Crippen LogP contribution in [0.3, 0.4) is 0 Å². The highest BCUT2D eigenvalue weighted by Crippen LogP contribution is 2.24. The fraction of sp³-hybridized carbons (Fsp3) is 0.222. The quantitative estimate of drug-likeness (QED) is 0.497. The largest absolute Gasteiger partial charge is 0.267 e. The topological polar surface area (TPSA) is 69.2 Å². The molecule has 1 aromatic carbocycles. The van der Waals surface area contributed by atoms with Crippen molar-refractivity contribution < 1.29 is 0 Å². The van der Waals surface area contributed by atoms with Gasteiger partial charge in [-0.2, -0.15) is 15.3 Å². The number of benzene rings is 1. The van der Waals surface area contributed by atoms with Gasteiger partial charge in [0.1, 0.15) is 6.04 Å². The van der Waals surface area contributed by atoms with Gasteiger partial charge in [-0.3, -0.25) is 19.0 Å². The molecule has 1 atom stereocenters. The standard InChI is InChI=1S/C18H18ClN7S/c1-2-16(25-11-14(19)8-21-25)17-22-23-18(27)26(17)15-9-20-24(12-15)10-13-6-4-3-5-7-13/h3-9,11-12,16H,2,10H2,1H3,(H,23,27)/t16-/m0/s1. The van der Waals surface area contributed by atoms with E-state index in [0.29, 0.717) is 16.3 Å². The Labute approximate surface area is 166 Å². The Balaban J connectivity index is 1.69. The molecule has 0 saturated heterocycles. The van der Waals surface area contributed by atoms with E-state index in [2.05, 4.69) is 39.5 Å². The van der Waals surface area contributed by atoms with Crippen molar-refractivity contribution >= 4 is 23.8 Å². The van der Waals surface area contributed by atoms with Gasteiger partial charge in [-0.25, -0.2) is 0 Å². The third-order valence-electron chi connectivity index (χ3n) is 4.34. The zero-order valence-corrected chi connectivity index (χ0v) is 16.2. The molecular formula is C18H18ClN7S. The van der Waals surface area contributed by atoms with Gasteiger partial charge in [-0.05, 0) is 24.2 Å². The Morgan fingerprint density at radius 1 is 1.15 bits per heavy atom. The van der Waals surface area contributed by atoms with Crippen LogP contribution in [0.1, 0.15) is 30.8 Å². The molecule has 0 unspecified atom stereocenters. The second kappa shape index (κ2) is 7.50. The van der Waals surface area contributed by atoms with Gasteiger partial charge in [0.15, 0.2) is 10.6 Å². The van der Waals surface area contributed by atoms with E-state index in [1.54, 1.807) is 23.3 Å². The first kappa shape index (κ1) is 17.7. The Morgan fingerprint density at radius 2 is 1.96 bits per heavy atom. The number of aromatic amines is 1. The van der Waals surface area contributed by atoms with Crippen LogP contribution in [0.4, 0.5) is 0 Å². The summed E-state index contributed by atoms with van der Waals surface area (Å²) in [5.41, 5.74) is 2.04. The Hall–Kier alpha value is -2.71. The maximum absolute atomic E-state index is 6.04. The normalized spacial score (nSPS) is 12.4. The SMILES string of the molecule is CC[C@@H](c1n[nH]c(=S)n1-c1cnn(Cc2ccccc2)c1)n1cc(Cl)cn1. The van der Waals surface area contributed by atoms with E-state index in [0.717, 1.165) is 17.9 Å². The van der Waals surface area contributed by atoms with Crippen LogP contribution in [0.5, 0.6) is 0 Å². The van der Waals surface area contributed by atoms with Crippen molar-refractivity contribution in [1.29, 1.82) is 0 Å². The van der Waals surface area contributed by atoms with E-state index in [1.807, 2.05) is 33.6 Å². The molecule has 0 saturated carbocycles. The molecule has 7 nitrogen and oxygen atoms in total. The highest BCUT2D eigenvalue weighted by molar-refractivity contribution is 7.71. The maximum Gasteiger partial charge on any atom is 0.200 e. The molecular weight excluding hydrogens is 382 g/mol. The number of H-pyrrole nitrogens is 1. The zero-order chi connectivity index (χ0) is 18.8. The highest BCUT2D eigenvalue weighted by Gasteiger charge is 2.21. The van der Waals surface area contributed by atoms with Crippen molar-refractivity contribution in [2.75, 3.05) is 0 Å². The Kier molecular flexibility index (Phi) is 4.91. The minimum absolute atomic E-state index is 0.0945. The van der Waals surface area contributed by atoms with Crippen LogP contribution < -0.4 is 0 Å². The van der Waals surface area contributed by atoms with Crippen molar-refractivity contribution in [3.63, 3.8) is 0 Å². The lowest BCUT2D eigenvalue weighted by atomic mass is 10.2.